The van der Waals surface area contributed by atoms with E-state index in [-0.39, 0.29) is 16.6 Å². The fourth-order valence-electron chi connectivity index (χ4n) is 1.54. The average Bonchev–Trinajstić information content (AvgIpc) is 2.26. The number of sulfonamides is 1. The first-order chi connectivity index (χ1) is 8.27. The van der Waals surface area contributed by atoms with Gasteiger partial charge in [-0.3, -0.25) is 0 Å². The highest BCUT2D eigenvalue weighted by Gasteiger charge is 2.15. The molecule has 7 heteroatoms. The molecule has 98 valence electrons. The molecule has 0 aliphatic rings. The smallest absolute Gasteiger partial charge is 0.240 e. The van der Waals surface area contributed by atoms with Crippen LogP contribution in [0.5, 0.6) is 0 Å². The van der Waals surface area contributed by atoms with Crippen LogP contribution in [0.1, 0.15) is 13.3 Å². The van der Waals surface area contributed by atoms with E-state index in [1.807, 2.05) is 18.9 Å². The fraction of sp³-hybridized carbons (Fsp3) is 0.364. The highest BCUT2D eigenvalue weighted by atomic mass is 32.2. The maximum absolute atomic E-state index is 11.2. The fourth-order valence-corrected chi connectivity index (χ4v) is 2.18. The van der Waals surface area contributed by atoms with E-state index in [2.05, 4.69) is 6.07 Å². The number of benzene rings is 1. The van der Waals surface area contributed by atoms with Gasteiger partial charge in [0.25, 0.3) is 0 Å². The van der Waals surface area contributed by atoms with E-state index in [0.717, 1.165) is 5.69 Å². The van der Waals surface area contributed by atoms with Gasteiger partial charge in [0, 0.05) is 18.8 Å². The van der Waals surface area contributed by atoms with E-state index in [4.69, 9.17) is 16.1 Å². The van der Waals surface area contributed by atoms with Crippen LogP contribution in [-0.2, 0) is 10.0 Å². The van der Waals surface area contributed by atoms with Gasteiger partial charge in [-0.05, 0) is 25.1 Å². The summed E-state index contributed by atoms with van der Waals surface area (Å²) in [4.78, 5) is 1.76. The Morgan fingerprint density at radius 3 is 2.56 bits per heavy atom. The quantitative estimate of drug-likeness (QED) is 0.778. The van der Waals surface area contributed by atoms with Crippen molar-refractivity contribution in [3.63, 3.8) is 0 Å². The van der Waals surface area contributed by atoms with Crippen molar-refractivity contribution in [2.75, 3.05) is 17.7 Å². The summed E-state index contributed by atoms with van der Waals surface area (Å²) in [6.07, 6.45) is 0.368. The summed E-state index contributed by atoms with van der Waals surface area (Å²) in [7, 11) is -1.99. The summed E-state index contributed by atoms with van der Waals surface area (Å²) in [5.74, 6) is 0. The van der Waals surface area contributed by atoms with Crippen molar-refractivity contribution in [2.24, 2.45) is 5.14 Å². The Labute approximate surface area is 107 Å². The van der Waals surface area contributed by atoms with Crippen LogP contribution in [0.2, 0.25) is 0 Å². The molecule has 1 rings (SSSR count). The van der Waals surface area contributed by atoms with E-state index in [1.165, 1.54) is 12.1 Å². The number of primary sulfonamides is 1. The number of nitrogens with zero attached hydrogens (tertiary/aromatic N) is 2. The molecule has 1 aromatic rings. The summed E-state index contributed by atoms with van der Waals surface area (Å²) < 4.78 is 22.4. The van der Waals surface area contributed by atoms with Crippen LogP contribution in [0.25, 0.3) is 0 Å². The maximum Gasteiger partial charge on any atom is 0.240 e. The van der Waals surface area contributed by atoms with Crippen LogP contribution in [0.15, 0.2) is 23.1 Å². The van der Waals surface area contributed by atoms with Gasteiger partial charge in [-0.25, -0.2) is 13.6 Å². The van der Waals surface area contributed by atoms with Crippen molar-refractivity contribution in [1.29, 1.82) is 5.26 Å². The highest BCUT2D eigenvalue weighted by Crippen LogP contribution is 2.24. The summed E-state index contributed by atoms with van der Waals surface area (Å²) in [5.41, 5.74) is 6.51. The second kappa shape index (κ2) is 5.25. The first-order valence-corrected chi connectivity index (χ1v) is 6.84. The van der Waals surface area contributed by atoms with E-state index in [1.54, 1.807) is 6.07 Å². The van der Waals surface area contributed by atoms with Crippen molar-refractivity contribution >= 4 is 21.4 Å². The Kier molecular flexibility index (Phi) is 4.16. The van der Waals surface area contributed by atoms with Crippen LogP contribution >= 0.6 is 0 Å². The lowest BCUT2D eigenvalue weighted by Crippen LogP contribution is -2.28. The van der Waals surface area contributed by atoms with Crippen LogP contribution < -0.4 is 15.8 Å². The lowest BCUT2D eigenvalue weighted by molar-refractivity contribution is 0.598. The molecule has 0 amide bonds. The zero-order valence-electron chi connectivity index (χ0n) is 10.3. The molecule has 1 atom stereocenters. The molecule has 0 aliphatic heterocycles. The van der Waals surface area contributed by atoms with Gasteiger partial charge in [0.2, 0.25) is 10.0 Å². The van der Waals surface area contributed by atoms with Gasteiger partial charge >= 0.3 is 0 Å². The Hall–Kier alpha value is -1.78. The van der Waals surface area contributed by atoms with Gasteiger partial charge in [-0.15, -0.1) is 0 Å². The molecule has 0 bridgehead atoms. The highest BCUT2D eigenvalue weighted by molar-refractivity contribution is 7.89. The maximum atomic E-state index is 11.2. The van der Waals surface area contributed by atoms with E-state index < -0.39 is 10.0 Å². The first-order valence-electron chi connectivity index (χ1n) is 5.29. The molecule has 0 saturated carbocycles. The molecule has 4 N–H and O–H groups in total. The summed E-state index contributed by atoms with van der Waals surface area (Å²) >= 11 is 0. The first kappa shape index (κ1) is 14.3. The second-order valence-electron chi connectivity index (χ2n) is 4.09. The number of anilines is 2. The molecule has 0 aromatic heterocycles. The van der Waals surface area contributed by atoms with Gasteiger partial charge in [0.05, 0.1) is 18.2 Å². The zero-order chi connectivity index (χ0) is 13.9. The number of hydrogen-bond donors (Lipinski definition) is 2. The topological polar surface area (TPSA) is 113 Å². The lowest BCUT2D eigenvalue weighted by atomic mass is 10.2. The normalized spacial score (nSPS) is 12.8. The molecular weight excluding hydrogens is 252 g/mol. The summed E-state index contributed by atoms with van der Waals surface area (Å²) in [5, 5.41) is 13.7. The largest absolute Gasteiger partial charge is 0.398 e. The predicted octanol–water partition coefficient (Wildman–Crippen LogP) is 0.655. The second-order valence-corrected chi connectivity index (χ2v) is 5.62. The molecule has 0 radical (unpaired) electrons. The number of nitrogen functional groups attached to an aromatic ring is 1. The SMILES string of the molecule is CC(CC#N)N(C)c1ccc(S(N)(=O)=O)c(N)c1. The molecule has 0 aliphatic carbocycles. The number of hydrogen-bond acceptors (Lipinski definition) is 5. The molecule has 0 fully saturated rings. The molecule has 0 spiro atoms. The predicted molar refractivity (Wildman–Crippen MR) is 70.3 cm³/mol. The number of rotatable bonds is 4. The van der Waals surface area contributed by atoms with E-state index >= 15 is 0 Å². The molecule has 18 heavy (non-hydrogen) atoms. The third kappa shape index (κ3) is 3.12. The molecule has 0 heterocycles. The molecule has 1 unspecified atom stereocenters. The van der Waals surface area contributed by atoms with Crippen molar-refractivity contribution in [3.05, 3.63) is 18.2 Å². The third-order valence-electron chi connectivity index (χ3n) is 2.76. The van der Waals surface area contributed by atoms with Crippen molar-refractivity contribution in [3.8, 4) is 6.07 Å². The van der Waals surface area contributed by atoms with Gasteiger partial charge in [-0.2, -0.15) is 5.26 Å². The standard InChI is InChI=1S/C11H16N4O2S/c1-8(5-6-12)15(2)9-3-4-11(10(13)7-9)18(14,16)17/h3-4,7-8H,5,13H2,1-2H3,(H2,14,16,17). The monoisotopic (exact) mass is 268 g/mol. The van der Waals surface area contributed by atoms with Crippen LogP contribution in [0, 0.1) is 11.3 Å². The van der Waals surface area contributed by atoms with Crippen LogP contribution in [-0.4, -0.2) is 21.5 Å². The van der Waals surface area contributed by atoms with Gasteiger partial charge in [0.15, 0.2) is 0 Å². The molecule has 6 nitrogen and oxygen atoms in total. The minimum atomic E-state index is -3.80. The van der Waals surface area contributed by atoms with Crippen molar-refractivity contribution in [1.82, 2.24) is 0 Å². The molecule has 0 saturated heterocycles. The molecular formula is C11H16N4O2S. The summed E-state index contributed by atoms with van der Waals surface area (Å²) in [6, 6.07) is 6.61. The molecule has 1 aromatic carbocycles. The van der Waals surface area contributed by atoms with E-state index in [0.29, 0.717) is 6.42 Å². The van der Waals surface area contributed by atoms with Crippen molar-refractivity contribution < 1.29 is 8.42 Å². The Balaban J connectivity index is 3.09. The van der Waals surface area contributed by atoms with Crippen LogP contribution in [0.3, 0.4) is 0 Å². The summed E-state index contributed by atoms with van der Waals surface area (Å²) in [6.45, 7) is 1.90. The Bertz CT molecular complexity index is 577. The van der Waals surface area contributed by atoms with E-state index in [9.17, 15) is 8.42 Å². The van der Waals surface area contributed by atoms with Crippen molar-refractivity contribution in [2.45, 2.75) is 24.3 Å². The Morgan fingerprint density at radius 2 is 2.11 bits per heavy atom. The third-order valence-corrected chi connectivity index (χ3v) is 3.74. The minimum absolute atomic E-state index is 0.00901. The van der Waals surface area contributed by atoms with Gasteiger partial charge in [-0.1, -0.05) is 0 Å². The van der Waals surface area contributed by atoms with Gasteiger partial charge < -0.3 is 10.6 Å². The lowest BCUT2D eigenvalue weighted by Gasteiger charge is -2.25. The van der Waals surface area contributed by atoms with Crippen LogP contribution in [0.4, 0.5) is 11.4 Å². The number of nitrogens with two attached hydrogens (primary N) is 2. The minimum Gasteiger partial charge on any atom is -0.398 e. The number of nitriles is 1. The average molecular weight is 268 g/mol. The zero-order valence-corrected chi connectivity index (χ0v) is 11.1. The van der Waals surface area contributed by atoms with Gasteiger partial charge in [0.1, 0.15) is 4.90 Å². The Morgan fingerprint density at radius 1 is 1.50 bits per heavy atom.